The summed E-state index contributed by atoms with van der Waals surface area (Å²) in [5.41, 5.74) is 1.19. The Hall–Kier alpha value is -2.43. The van der Waals surface area contributed by atoms with Crippen LogP contribution in [0.1, 0.15) is 26.3 Å². The van der Waals surface area contributed by atoms with Crippen molar-refractivity contribution in [1.29, 1.82) is 0 Å². The fourth-order valence-electron chi connectivity index (χ4n) is 2.39. The molecule has 0 atom stereocenters. The number of rotatable bonds is 6. The van der Waals surface area contributed by atoms with E-state index in [1.165, 1.54) is 12.6 Å². The molecule has 5 nitrogen and oxygen atoms in total. The minimum absolute atomic E-state index is 0.410. The first-order valence-corrected chi connectivity index (χ1v) is 7.89. The Bertz CT molecular complexity index is 697. The minimum atomic E-state index is -0.531. The van der Waals surface area contributed by atoms with Crippen molar-refractivity contribution in [2.24, 2.45) is 0 Å². The molecular weight excluding hydrogens is 294 g/mol. The van der Waals surface area contributed by atoms with Crippen LogP contribution in [0.15, 0.2) is 24.3 Å². The largest absolute Gasteiger partial charge is 0.493 e. The van der Waals surface area contributed by atoms with E-state index in [2.05, 4.69) is 18.3 Å². The van der Waals surface area contributed by atoms with Crippen molar-refractivity contribution in [2.45, 2.75) is 27.2 Å². The highest BCUT2D eigenvalue weighted by Gasteiger charge is 2.18. The third-order valence-corrected chi connectivity index (χ3v) is 3.49. The van der Waals surface area contributed by atoms with Gasteiger partial charge in [-0.1, -0.05) is 19.1 Å². The highest BCUT2D eigenvalue weighted by molar-refractivity contribution is 5.97. The Labute approximate surface area is 136 Å². The summed E-state index contributed by atoms with van der Waals surface area (Å²) >= 11 is 0. The molecule has 124 valence electrons. The molecule has 0 spiro atoms. The van der Waals surface area contributed by atoms with Gasteiger partial charge < -0.3 is 19.5 Å². The Balaban J connectivity index is 2.70. The molecule has 2 aromatic carbocycles. The Morgan fingerprint density at radius 2 is 1.70 bits per heavy atom. The highest BCUT2D eigenvalue weighted by atomic mass is 16.6. The number of hydrogen-bond acceptors (Lipinski definition) is 4. The number of carbonyl (C=O) groups excluding carboxylic acids is 1. The van der Waals surface area contributed by atoms with Crippen LogP contribution in [0.25, 0.3) is 10.8 Å². The smallest absolute Gasteiger partial charge is 0.412 e. The Morgan fingerprint density at radius 1 is 1.00 bits per heavy atom. The molecule has 0 heterocycles. The first-order valence-electron chi connectivity index (χ1n) is 7.89. The van der Waals surface area contributed by atoms with E-state index in [4.69, 9.17) is 14.2 Å². The lowest BCUT2D eigenvalue weighted by atomic mass is 10.0. The molecule has 0 bridgehead atoms. The van der Waals surface area contributed by atoms with Crippen LogP contribution in [-0.4, -0.2) is 26.4 Å². The molecule has 0 aliphatic rings. The zero-order chi connectivity index (χ0) is 16.8. The fourth-order valence-corrected chi connectivity index (χ4v) is 2.39. The van der Waals surface area contributed by atoms with Crippen molar-refractivity contribution in [3.8, 4) is 17.2 Å². The summed E-state index contributed by atoms with van der Waals surface area (Å²) in [5, 5.41) is 4.16. The summed E-state index contributed by atoms with van der Waals surface area (Å²) in [7, 11) is 1.52. The number of nitrogens with one attached hydrogen (secondary N) is 1. The van der Waals surface area contributed by atoms with Gasteiger partial charge in [-0.15, -0.1) is 0 Å². The number of amides is 1. The van der Waals surface area contributed by atoms with Gasteiger partial charge in [0.05, 0.1) is 13.2 Å². The number of carbonyl (C=O) groups is 1. The zero-order valence-electron chi connectivity index (χ0n) is 14.1. The van der Waals surface area contributed by atoms with Gasteiger partial charge in [0.2, 0.25) is 0 Å². The van der Waals surface area contributed by atoms with Crippen LogP contribution in [-0.2, 0) is 6.42 Å². The number of benzene rings is 2. The molecule has 0 saturated carbocycles. The van der Waals surface area contributed by atoms with Gasteiger partial charge in [-0.2, -0.15) is 0 Å². The first-order chi connectivity index (χ1) is 11.1. The molecular formula is C18H23NO4. The minimum Gasteiger partial charge on any atom is -0.493 e. The normalized spacial score (nSPS) is 10.4. The van der Waals surface area contributed by atoms with Gasteiger partial charge in [0.25, 0.3) is 0 Å². The number of ether oxygens (including phenoxy) is 3. The second kappa shape index (κ2) is 7.72. The predicted octanol–water partition coefficient (Wildman–Crippen LogP) is 3.92. The molecule has 0 aliphatic heterocycles. The van der Waals surface area contributed by atoms with Gasteiger partial charge in [-0.05, 0) is 31.9 Å². The van der Waals surface area contributed by atoms with Gasteiger partial charge >= 0.3 is 6.09 Å². The number of fused-ring (bicyclic) bond motifs is 1. The lowest BCUT2D eigenvalue weighted by molar-refractivity contribution is 0.200. The molecule has 0 aromatic heterocycles. The maximum absolute atomic E-state index is 11.7. The van der Waals surface area contributed by atoms with Crippen LogP contribution in [0.5, 0.6) is 17.2 Å². The number of hydrogen-bond donors (Lipinski definition) is 1. The summed E-state index contributed by atoms with van der Waals surface area (Å²) in [6, 6.07) is 7.81. The molecule has 5 heteroatoms. The zero-order valence-corrected chi connectivity index (χ0v) is 14.1. The number of aryl methyl sites for hydroxylation is 1. The molecule has 23 heavy (non-hydrogen) atoms. The molecule has 0 fully saturated rings. The third kappa shape index (κ3) is 3.67. The lowest BCUT2D eigenvalue weighted by Crippen LogP contribution is -2.22. The molecule has 1 N–H and O–H groups in total. The van der Waals surface area contributed by atoms with Gasteiger partial charge in [-0.25, -0.2) is 4.79 Å². The lowest BCUT2D eigenvalue weighted by Gasteiger charge is -2.17. The van der Waals surface area contributed by atoms with Crippen molar-refractivity contribution >= 4 is 16.9 Å². The van der Waals surface area contributed by atoms with Crippen molar-refractivity contribution in [1.82, 2.24) is 5.32 Å². The van der Waals surface area contributed by atoms with Crippen molar-refractivity contribution in [2.75, 3.05) is 20.3 Å². The maximum Gasteiger partial charge on any atom is 0.412 e. The van der Waals surface area contributed by atoms with E-state index in [1.807, 2.05) is 26.0 Å². The quantitative estimate of drug-likeness (QED) is 0.877. The predicted molar refractivity (Wildman–Crippen MR) is 90.7 cm³/mol. The summed E-state index contributed by atoms with van der Waals surface area (Å²) < 4.78 is 16.8. The Morgan fingerprint density at radius 3 is 2.30 bits per heavy atom. The second-order valence-electron chi connectivity index (χ2n) is 4.94. The summed E-state index contributed by atoms with van der Waals surface area (Å²) in [4.78, 5) is 11.7. The highest BCUT2D eigenvalue weighted by Crippen LogP contribution is 2.42. The molecule has 1 amide bonds. The van der Waals surface area contributed by atoms with E-state index >= 15 is 0 Å². The molecule has 0 unspecified atom stereocenters. The fraction of sp³-hybridized carbons (Fsp3) is 0.389. The van der Waals surface area contributed by atoms with Crippen molar-refractivity contribution < 1.29 is 19.0 Å². The standard InChI is InChI=1S/C18H23NO4/c1-5-12-8-9-13-14(10-12)15(21-6-2)11-16(22-7-3)17(13)23-18(20)19-4/h8-11H,5-7H2,1-4H3,(H,19,20). The van der Waals surface area contributed by atoms with E-state index in [1.54, 1.807) is 6.07 Å². The van der Waals surface area contributed by atoms with E-state index in [9.17, 15) is 4.79 Å². The van der Waals surface area contributed by atoms with E-state index in [-0.39, 0.29) is 0 Å². The van der Waals surface area contributed by atoms with E-state index in [0.717, 1.165) is 22.9 Å². The van der Waals surface area contributed by atoms with Gasteiger partial charge in [-0.3, -0.25) is 0 Å². The first kappa shape index (κ1) is 16.9. The molecule has 2 rings (SSSR count). The summed E-state index contributed by atoms with van der Waals surface area (Å²) in [6.07, 6.45) is 0.386. The molecule has 0 saturated heterocycles. The summed E-state index contributed by atoms with van der Waals surface area (Å²) in [6.45, 7) is 6.93. The topological polar surface area (TPSA) is 56.8 Å². The van der Waals surface area contributed by atoms with E-state index < -0.39 is 6.09 Å². The van der Waals surface area contributed by atoms with Crippen molar-refractivity contribution in [3.05, 3.63) is 29.8 Å². The maximum atomic E-state index is 11.7. The van der Waals surface area contributed by atoms with Crippen LogP contribution in [0, 0.1) is 0 Å². The van der Waals surface area contributed by atoms with Crippen LogP contribution in [0.4, 0.5) is 4.79 Å². The average molecular weight is 317 g/mol. The molecule has 2 aromatic rings. The van der Waals surface area contributed by atoms with Gasteiger partial charge in [0.15, 0.2) is 11.5 Å². The van der Waals surface area contributed by atoms with Gasteiger partial charge in [0, 0.05) is 23.9 Å². The molecule has 0 aliphatic carbocycles. The average Bonchev–Trinajstić information content (AvgIpc) is 2.57. The Kier molecular flexibility index (Phi) is 5.68. The SMILES string of the molecule is CCOc1cc(OCC)c2cc(CC)ccc2c1OC(=O)NC. The second-order valence-corrected chi connectivity index (χ2v) is 4.94. The van der Waals surface area contributed by atoms with Gasteiger partial charge in [0.1, 0.15) is 5.75 Å². The third-order valence-electron chi connectivity index (χ3n) is 3.49. The van der Waals surface area contributed by atoms with Crippen molar-refractivity contribution in [3.63, 3.8) is 0 Å². The van der Waals surface area contributed by atoms with Crippen LogP contribution in [0.2, 0.25) is 0 Å². The van der Waals surface area contributed by atoms with Crippen LogP contribution in [0.3, 0.4) is 0 Å². The van der Waals surface area contributed by atoms with E-state index in [0.29, 0.717) is 24.7 Å². The molecule has 0 radical (unpaired) electrons. The monoisotopic (exact) mass is 317 g/mol. The summed E-state index contributed by atoms with van der Waals surface area (Å²) in [5.74, 6) is 1.63. The van der Waals surface area contributed by atoms with Crippen LogP contribution >= 0.6 is 0 Å². The van der Waals surface area contributed by atoms with Crippen LogP contribution < -0.4 is 19.5 Å².